The zero-order valence-corrected chi connectivity index (χ0v) is 16.4. The lowest BCUT2D eigenvalue weighted by molar-refractivity contribution is 0.262. The average molecular weight is 369 g/mol. The highest BCUT2D eigenvalue weighted by molar-refractivity contribution is 5.40. The molecule has 0 amide bonds. The van der Waals surface area contributed by atoms with Crippen molar-refractivity contribution in [1.29, 1.82) is 10.5 Å². The standard InChI is InChI=1S/C21H32N6/c22-18-20(19-23)21-26(14-6-12-24-8-2-1-3-9-24)16-17-27(21)15-7-13-25-10-4-5-11-25/h1-2H,3-17H2. The van der Waals surface area contributed by atoms with Gasteiger partial charge in [0, 0.05) is 45.8 Å². The van der Waals surface area contributed by atoms with Gasteiger partial charge in [0.1, 0.15) is 18.0 Å². The van der Waals surface area contributed by atoms with Crippen molar-refractivity contribution < 1.29 is 0 Å². The van der Waals surface area contributed by atoms with Gasteiger partial charge in [-0.05, 0) is 51.7 Å². The molecule has 2 fully saturated rings. The maximum Gasteiger partial charge on any atom is 0.169 e. The molecule has 2 saturated heterocycles. The molecule has 27 heavy (non-hydrogen) atoms. The van der Waals surface area contributed by atoms with E-state index < -0.39 is 0 Å². The molecule has 0 saturated carbocycles. The summed E-state index contributed by atoms with van der Waals surface area (Å²) in [4.78, 5) is 9.53. The molecule has 3 rings (SSSR count). The lowest BCUT2D eigenvalue weighted by Gasteiger charge is -2.27. The van der Waals surface area contributed by atoms with Crippen LogP contribution >= 0.6 is 0 Å². The molecule has 0 unspecified atom stereocenters. The largest absolute Gasteiger partial charge is 0.355 e. The first-order chi connectivity index (χ1) is 13.3. The van der Waals surface area contributed by atoms with E-state index in [1.807, 2.05) is 0 Å². The molecule has 146 valence electrons. The first-order valence-electron chi connectivity index (χ1n) is 10.5. The molecule has 0 aromatic heterocycles. The first-order valence-corrected chi connectivity index (χ1v) is 10.5. The molecule has 0 N–H and O–H groups in total. The SMILES string of the molecule is N#CC(C#N)=C1N(CCCN2CC=CCC2)CCN1CCCN1CCCC1. The Morgan fingerprint density at radius 1 is 0.778 bits per heavy atom. The zero-order valence-electron chi connectivity index (χ0n) is 16.4. The van der Waals surface area contributed by atoms with Crippen molar-refractivity contribution in [3.05, 3.63) is 23.5 Å². The third-order valence-corrected chi connectivity index (χ3v) is 5.83. The van der Waals surface area contributed by atoms with Crippen molar-refractivity contribution in [2.75, 3.05) is 65.4 Å². The monoisotopic (exact) mass is 368 g/mol. The fraction of sp³-hybridized carbons (Fsp3) is 0.714. The number of likely N-dealkylation sites (tertiary alicyclic amines) is 1. The van der Waals surface area contributed by atoms with Crippen LogP contribution in [-0.2, 0) is 0 Å². The van der Waals surface area contributed by atoms with E-state index >= 15 is 0 Å². The minimum absolute atomic E-state index is 0.273. The second kappa shape index (κ2) is 10.3. The van der Waals surface area contributed by atoms with Gasteiger partial charge in [-0.2, -0.15) is 10.5 Å². The summed E-state index contributed by atoms with van der Waals surface area (Å²) in [6, 6.07) is 4.26. The summed E-state index contributed by atoms with van der Waals surface area (Å²) in [5, 5.41) is 18.9. The van der Waals surface area contributed by atoms with Crippen LogP contribution in [0.3, 0.4) is 0 Å². The Balaban J connectivity index is 1.52. The molecule has 0 aromatic rings. The van der Waals surface area contributed by atoms with E-state index in [1.165, 1.54) is 25.9 Å². The smallest absolute Gasteiger partial charge is 0.169 e. The minimum Gasteiger partial charge on any atom is -0.355 e. The third kappa shape index (κ3) is 5.48. The zero-order chi connectivity index (χ0) is 18.9. The Morgan fingerprint density at radius 2 is 1.41 bits per heavy atom. The Morgan fingerprint density at radius 3 is 1.96 bits per heavy atom. The summed E-state index contributed by atoms with van der Waals surface area (Å²) >= 11 is 0. The van der Waals surface area contributed by atoms with Crippen LogP contribution in [0, 0.1) is 22.7 Å². The second-order valence-electron chi connectivity index (χ2n) is 7.71. The molecule has 0 radical (unpaired) electrons. The Hall–Kier alpha value is -2.02. The van der Waals surface area contributed by atoms with Gasteiger partial charge in [0.15, 0.2) is 5.57 Å². The minimum atomic E-state index is 0.273. The fourth-order valence-electron chi connectivity index (χ4n) is 4.40. The summed E-state index contributed by atoms with van der Waals surface area (Å²) in [6.07, 6.45) is 10.5. The van der Waals surface area contributed by atoms with E-state index in [9.17, 15) is 10.5 Å². The number of nitriles is 2. The topological polar surface area (TPSA) is 60.5 Å². The lowest BCUT2D eigenvalue weighted by Crippen LogP contribution is -2.32. The molecule has 0 atom stereocenters. The lowest BCUT2D eigenvalue weighted by atomic mass is 10.2. The van der Waals surface area contributed by atoms with Crippen LogP contribution in [0.2, 0.25) is 0 Å². The summed E-state index contributed by atoms with van der Waals surface area (Å²) < 4.78 is 0. The predicted molar refractivity (Wildman–Crippen MR) is 107 cm³/mol. The van der Waals surface area contributed by atoms with Crippen LogP contribution in [0.4, 0.5) is 0 Å². The summed E-state index contributed by atoms with van der Waals surface area (Å²) in [7, 11) is 0. The molecular formula is C21H32N6. The van der Waals surface area contributed by atoms with E-state index in [0.717, 1.165) is 77.4 Å². The molecule has 0 spiro atoms. The molecule has 0 aromatic carbocycles. The summed E-state index contributed by atoms with van der Waals surface area (Å²) in [5.74, 6) is 0.875. The molecule has 3 heterocycles. The van der Waals surface area contributed by atoms with Gasteiger partial charge >= 0.3 is 0 Å². The van der Waals surface area contributed by atoms with Crippen LogP contribution in [0.15, 0.2) is 23.5 Å². The van der Waals surface area contributed by atoms with Gasteiger partial charge in [-0.1, -0.05) is 12.2 Å². The highest BCUT2D eigenvalue weighted by atomic mass is 15.4. The Labute approximate surface area is 163 Å². The molecule has 3 aliphatic rings. The van der Waals surface area contributed by atoms with Gasteiger partial charge in [-0.15, -0.1) is 0 Å². The Kier molecular flexibility index (Phi) is 7.56. The number of nitrogens with zero attached hydrogens (tertiary/aromatic N) is 6. The van der Waals surface area contributed by atoms with Crippen LogP contribution in [0.1, 0.15) is 32.1 Å². The molecule has 6 nitrogen and oxygen atoms in total. The van der Waals surface area contributed by atoms with Gasteiger partial charge in [-0.3, -0.25) is 4.90 Å². The van der Waals surface area contributed by atoms with E-state index in [1.54, 1.807) is 0 Å². The van der Waals surface area contributed by atoms with Crippen molar-refractivity contribution >= 4 is 0 Å². The molecular weight excluding hydrogens is 336 g/mol. The van der Waals surface area contributed by atoms with Gasteiger partial charge in [0.05, 0.1) is 0 Å². The second-order valence-corrected chi connectivity index (χ2v) is 7.71. The Bertz CT molecular complexity index is 604. The maximum absolute atomic E-state index is 9.44. The van der Waals surface area contributed by atoms with Gasteiger partial charge in [0.2, 0.25) is 0 Å². The van der Waals surface area contributed by atoms with Gasteiger partial charge < -0.3 is 14.7 Å². The van der Waals surface area contributed by atoms with E-state index in [0.29, 0.717) is 0 Å². The van der Waals surface area contributed by atoms with Crippen molar-refractivity contribution in [3.63, 3.8) is 0 Å². The third-order valence-electron chi connectivity index (χ3n) is 5.83. The normalized spacial score (nSPS) is 20.9. The van der Waals surface area contributed by atoms with Gasteiger partial charge in [0.25, 0.3) is 0 Å². The molecule has 0 bridgehead atoms. The molecule has 3 aliphatic heterocycles. The maximum atomic E-state index is 9.44. The number of rotatable bonds is 8. The van der Waals surface area contributed by atoms with E-state index in [2.05, 4.69) is 43.9 Å². The van der Waals surface area contributed by atoms with Crippen molar-refractivity contribution in [3.8, 4) is 12.1 Å². The van der Waals surface area contributed by atoms with Gasteiger partial charge in [-0.25, -0.2) is 0 Å². The number of hydrogen-bond donors (Lipinski definition) is 0. The predicted octanol–water partition coefficient (Wildman–Crippen LogP) is 2.00. The summed E-state index contributed by atoms with van der Waals surface area (Å²) in [5.41, 5.74) is 0.273. The highest BCUT2D eigenvalue weighted by Gasteiger charge is 2.28. The van der Waals surface area contributed by atoms with E-state index in [-0.39, 0.29) is 5.57 Å². The average Bonchev–Trinajstić information content (AvgIpc) is 3.35. The highest BCUT2D eigenvalue weighted by Crippen LogP contribution is 2.23. The summed E-state index contributed by atoms with van der Waals surface area (Å²) in [6.45, 7) is 10.6. The number of hydrogen-bond acceptors (Lipinski definition) is 6. The van der Waals surface area contributed by atoms with Crippen molar-refractivity contribution in [2.24, 2.45) is 0 Å². The van der Waals surface area contributed by atoms with Crippen LogP contribution in [-0.4, -0.2) is 85.0 Å². The molecule has 0 aliphatic carbocycles. The van der Waals surface area contributed by atoms with Crippen LogP contribution in [0.5, 0.6) is 0 Å². The number of allylic oxidation sites excluding steroid dienone is 1. The van der Waals surface area contributed by atoms with Crippen LogP contribution in [0.25, 0.3) is 0 Å². The first kappa shape index (κ1) is 19.7. The fourth-order valence-corrected chi connectivity index (χ4v) is 4.40. The quantitative estimate of drug-likeness (QED) is 0.482. The van der Waals surface area contributed by atoms with Crippen molar-refractivity contribution in [1.82, 2.24) is 19.6 Å². The van der Waals surface area contributed by atoms with E-state index in [4.69, 9.17) is 0 Å². The van der Waals surface area contributed by atoms with Crippen molar-refractivity contribution in [2.45, 2.75) is 32.1 Å². The molecule has 6 heteroatoms. The van der Waals surface area contributed by atoms with Crippen LogP contribution < -0.4 is 0 Å².